The van der Waals surface area contributed by atoms with Crippen LogP contribution in [-0.4, -0.2) is 11.6 Å². The molecule has 0 heterocycles. The molecule has 0 radical (unpaired) electrons. The van der Waals surface area contributed by atoms with E-state index in [1.807, 2.05) is 43.3 Å². The van der Waals surface area contributed by atoms with E-state index < -0.39 is 0 Å². The number of halogens is 1. The van der Waals surface area contributed by atoms with Crippen molar-refractivity contribution in [3.63, 3.8) is 0 Å². The van der Waals surface area contributed by atoms with E-state index in [0.29, 0.717) is 22.2 Å². The van der Waals surface area contributed by atoms with Crippen molar-refractivity contribution in [2.45, 2.75) is 6.92 Å². The third kappa shape index (κ3) is 3.62. The second-order valence-electron chi connectivity index (χ2n) is 4.14. The number of nitrogens with two attached hydrogens (primary N) is 1. The summed E-state index contributed by atoms with van der Waals surface area (Å²) < 4.78 is 5.40. The lowest BCUT2D eigenvalue weighted by Gasteiger charge is -2.10. The van der Waals surface area contributed by atoms with Crippen LogP contribution in [0.3, 0.4) is 0 Å². The van der Waals surface area contributed by atoms with Gasteiger partial charge < -0.3 is 15.8 Å². The third-order valence-electron chi connectivity index (χ3n) is 2.69. The fourth-order valence-corrected chi connectivity index (χ4v) is 2.28. The Bertz CT molecular complexity index is 614. The van der Waals surface area contributed by atoms with Crippen molar-refractivity contribution in [1.82, 2.24) is 0 Å². The van der Waals surface area contributed by atoms with Crippen LogP contribution in [0.4, 0.5) is 11.4 Å². The molecule has 20 heavy (non-hydrogen) atoms. The molecular formula is C15H15ClN2OS. The van der Waals surface area contributed by atoms with Gasteiger partial charge in [-0.25, -0.2) is 0 Å². The zero-order valence-corrected chi connectivity index (χ0v) is 12.6. The third-order valence-corrected chi connectivity index (χ3v) is 3.22. The Morgan fingerprint density at radius 1 is 1.20 bits per heavy atom. The minimum atomic E-state index is 0.294. The first-order chi connectivity index (χ1) is 9.60. The van der Waals surface area contributed by atoms with Crippen molar-refractivity contribution in [3.05, 3.63) is 53.1 Å². The number of benzene rings is 2. The highest BCUT2D eigenvalue weighted by molar-refractivity contribution is 7.80. The van der Waals surface area contributed by atoms with E-state index in [-0.39, 0.29) is 0 Å². The van der Waals surface area contributed by atoms with Crippen molar-refractivity contribution in [2.75, 3.05) is 11.9 Å². The Balaban J connectivity index is 2.13. The van der Waals surface area contributed by atoms with Crippen LogP contribution in [0.1, 0.15) is 12.5 Å². The number of hydrogen-bond donors (Lipinski definition) is 2. The van der Waals surface area contributed by atoms with Crippen LogP contribution >= 0.6 is 23.8 Å². The van der Waals surface area contributed by atoms with Crippen molar-refractivity contribution in [1.29, 1.82) is 0 Å². The molecule has 104 valence electrons. The van der Waals surface area contributed by atoms with E-state index in [1.54, 1.807) is 6.07 Å². The largest absolute Gasteiger partial charge is 0.494 e. The molecule has 2 aromatic carbocycles. The molecule has 0 amide bonds. The van der Waals surface area contributed by atoms with Gasteiger partial charge in [0.2, 0.25) is 0 Å². The van der Waals surface area contributed by atoms with Gasteiger partial charge in [0.15, 0.2) is 0 Å². The lowest BCUT2D eigenvalue weighted by atomic mass is 10.2. The topological polar surface area (TPSA) is 47.3 Å². The Hall–Kier alpha value is -1.78. The predicted octanol–water partition coefficient (Wildman–Crippen LogP) is 4.12. The number of anilines is 2. The van der Waals surface area contributed by atoms with Gasteiger partial charge in [0.05, 0.1) is 11.6 Å². The minimum Gasteiger partial charge on any atom is -0.494 e. The zero-order chi connectivity index (χ0) is 14.5. The lowest BCUT2D eigenvalue weighted by Crippen LogP contribution is -2.09. The summed E-state index contributed by atoms with van der Waals surface area (Å²) >= 11 is 11.1. The number of rotatable bonds is 5. The smallest absolute Gasteiger partial charge is 0.119 e. The standard InChI is InChI=1S/C15H15ClN2OS/c1-2-19-12-6-3-10(4-7-12)18-11-5-8-13(15(17)20)14(16)9-11/h3-9,18H,2H2,1H3,(H2,17,20). The fourth-order valence-electron chi connectivity index (χ4n) is 1.76. The van der Waals surface area contributed by atoms with Gasteiger partial charge in [-0.05, 0) is 49.4 Å². The molecule has 0 bridgehead atoms. The molecule has 2 aromatic rings. The van der Waals surface area contributed by atoms with Gasteiger partial charge in [0.25, 0.3) is 0 Å². The van der Waals surface area contributed by atoms with Crippen LogP contribution in [0.5, 0.6) is 5.75 Å². The maximum Gasteiger partial charge on any atom is 0.119 e. The van der Waals surface area contributed by atoms with Crippen molar-refractivity contribution in [3.8, 4) is 5.75 Å². The number of nitrogens with one attached hydrogen (secondary N) is 1. The molecule has 0 saturated carbocycles. The average molecular weight is 307 g/mol. The maximum atomic E-state index is 6.13. The summed E-state index contributed by atoms with van der Waals surface area (Å²) in [6.07, 6.45) is 0. The van der Waals surface area contributed by atoms with Crippen molar-refractivity contribution < 1.29 is 4.74 Å². The van der Waals surface area contributed by atoms with Crippen LogP contribution in [0.25, 0.3) is 0 Å². The second-order valence-corrected chi connectivity index (χ2v) is 4.99. The predicted molar refractivity (Wildman–Crippen MR) is 88.2 cm³/mol. The Morgan fingerprint density at radius 3 is 2.40 bits per heavy atom. The summed E-state index contributed by atoms with van der Waals surface area (Å²) in [5.74, 6) is 0.847. The minimum absolute atomic E-state index is 0.294. The summed E-state index contributed by atoms with van der Waals surface area (Å²) in [6, 6.07) is 13.2. The molecule has 0 aliphatic rings. The van der Waals surface area contributed by atoms with Crippen LogP contribution in [-0.2, 0) is 0 Å². The van der Waals surface area contributed by atoms with Crippen molar-refractivity contribution >= 4 is 40.2 Å². The molecule has 0 aliphatic heterocycles. The van der Waals surface area contributed by atoms with E-state index in [2.05, 4.69) is 5.32 Å². The number of hydrogen-bond acceptors (Lipinski definition) is 3. The first-order valence-corrected chi connectivity index (χ1v) is 6.98. The molecule has 0 unspecified atom stereocenters. The zero-order valence-electron chi connectivity index (χ0n) is 11.0. The Labute approximate surface area is 128 Å². The van der Waals surface area contributed by atoms with Gasteiger partial charge in [-0.2, -0.15) is 0 Å². The van der Waals surface area contributed by atoms with Gasteiger partial charge in [-0.15, -0.1) is 0 Å². The van der Waals surface area contributed by atoms with Gasteiger partial charge >= 0.3 is 0 Å². The highest BCUT2D eigenvalue weighted by Gasteiger charge is 2.04. The summed E-state index contributed by atoms with van der Waals surface area (Å²) in [5.41, 5.74) is 8.08. The molecule has 3 N–H and O–H groups in total. The first kappa shape index (κ1) is 14.6. The molecule has 0 spiro atoms. The maximum absolute atomic E-state index is 6.13. The molecule has 0 aliphatic carbocycles. The van der Waals surface area contributed by atoms with E-state index >= 15 is 0 Å². The van der Waals surface area contributed by atoms with Crippen LogP contribution < -0.4 is 15.8 Å². The molecule has 0 saturated heterocycles. The molecule has 0 aromatic heterocycles. The molecule has 2 rings (SSSR count). The summed E-state index contributed by atoms with van der Waals surface area (Å²) in [5, 5.41) is 3.79. The van der Waals surface area contributed by atoms with Gasteiger partial charge in [0.1, 0.15) is 10.7 Å². The molecular weight excluding hydrogens is 292 g/mol. The Kier molecular flexibility index (Phi) is 4.82. The monoisotopic (exact) mass is 306 g/mol. The number of ether oxygens (including phenoxy) is 1. The van der Waals surface area contributed by atoms with E-state index in [9.17, 15) is 0 Å². The van der Waals surface area contributed by atoms with Crippen molar-refractivity contribution in [2.24, 2.45) is 5.73 Å². The van der Waals surface area contributed by atoms with E-state index in [0.717, 1.165) is 17.1 Å². The fraction of sp³-hybridized carbons (Fsp3) is 0.133. The SMILES string of the molecule is CCOc1ccc(Nc2ccc(C(N)=S)c(Cl)c2)cc1. The van der Waals surface area contributed by atoms with E-state index in [4.69, 9.17) is 34.3 Å². The van der Waals surface area contributed by atoms with Crippen LogP contribution in [0.15, 0.2) is 42.5 Å². The highest BCUT2D eigenvalue weighted by atomic mass is 35.5. The van der Waals surface area contributed by atoms with Gasteiger partial charge in [-0.1, -0.05) is 23.8 Å². The molecule has 0 atom stereocenters. The van der Waals surface area contributed by atoms with Gasteiger partial charge in [-0.3, -0.25) is 0 Å². The lowest BCUT2D eigenvalue weighted by molar-refractivity contribution is 0.340. The quantitative estimate of drug-likeness (QED) is 0.816. The van der Waals surface area contributed by atoms with Crippen LogP contribution in [0.2, 0.25) is 5.02 Å². The summed E-state index contributed by atoms with van der Waals surface area (Å²) in [7, 11) is 0. The van der Waals surface area contributed by atoms with E-state index in [1.165, 1.54) is 0 Å². The summed E-state index contributed by atoms with van der Waals surface area (Å²) in [6.45, 7) is 2.61. The average Bonchev–Trinajstić information content (AvgIpc) is 2.41. The van der Waals surface area contributed by atoms with Gasteiger partial charge in [0, 0.05) is 16.9 Å². The normalized spacial score (nSPS) is 10.1. The second kappa shape index (κ2) is 6.59. The van der Waals surface area contributed by atoms with Crippen LogP contribution in [0, 0.1) is 0 Å². The number of thiocarbonyl (C=S) groups is 1. The highest BCUT2D eigenvalue weighted by Crippen LogP contribution is 2.25. The molecule has 0 fully saturated rings. The first-order valence-electron chi connectivity index (χ1n) is 6.19. The Morgan fingerprint density at radius 2 is 1.85 bits per heavy atom. The molecule has 5 heteroatoms. The molecule has 3 nitrogen and oxygen atoms in total. The summed E-state index contributed by atoms with van der Waals surface area (Å²) in [4.78, 5) is 0.294.